The van der Waals surface area contributed by atoms with Crippen LogP contribution in [0.15, 0.2) is 84.9 Å². The second kappa shape index (κ2) is 11.0. The summed E-state index contributed by atoms with van der Waals surface area (Å²) in [5.41, 5.74) is 2.41. The highest BCUT2D eigenvalue weighted by Crippen LogP contribution is 2.45. The maximum atomic E-state index is 14.1. The predicted molar refractivity (Wildman–Crippen MR) is 161 cm³/mol. The molecule has 1 amide bonds. The first-order valence-electron chi connectivity index (χ1n) is 13.4. The predicted octanol–water partition coefficient (Wildman–Crippen LogP) is 6.12. The molecule has 4 aromatic rings. The highest BCUT2D eigenvalue weighted by Gasteiger charge is 2.40. The first kappa shape index (κ1) is 28.3. The van der Waals surface area contributed by atoms with Crippen molar-refractivity contribution < 1.29 is 28.7 Å². The van der Waals surface area contributed by atoms with Crippen molar-refractivity contribution in [1.29, 1.82) is 0 Å². The Labute approximate surface area is 243 Å². The number of rotatable bonds is 7. The van der Waals surface area contributed by atoms with E-state index in [1.807, 2.05) is 6.92 Å². The number of hydrogen-bond acceptors (Lipinski definition) is 7. The number of carbonyl (C=O) groups excluding carboxylic acids is 4. The van der Waals surface area contributed by atoms with Gasteiger partial charge in [0.2, 0.25) is 11.6 Å². The summed E-state index contributed by atoms with van der Waals surface area (Å²) in [4.78, 5) is 54.9. The largest absolute Gasteiger partial charge is 0.496 e. The lowest BCUT2D eigenvalue weighted by atomic mass is 9.87. The van der Waals surface area contributed by atoms with Crippen LogP contribution in [-0.2, 0) is 4.79 Å². The Kier molecular flexibility index (Phi) is 7.39. The molecule has 0 saturated heterocycles. The van der Waals surface area contributed by atoms with E-state index in [1.165, 1.54) is 12.0 Å². The number of amides is 1. The summed E-state index contributed by atoms with van der Waals surface area (Å²) >= 11 is 0. The third-order valence-corrected chi connectivity index (χ3v) is 7.23. The van der Waals surface area contributed by atoms with Crippen LogP contribution in [0.5, 0.6) is 11.5 Å². The Morgan fingerprint density at radius 2 is 1.48 bits per heavy atom. The summed E-state index contributed by atoms with van der Waals surface area (Å²) < 4.78 is 11.2. The molecule has 0 saturated carbocycles. The molecule has 0 radical (unpaired) electrons. The van der Waals surface area contributed by atoms with Crippen molar-refractivity contribution in [2.75, 3.05) is 24.4 Å². The minimum Gasteiger partial charge on any atom is -0.496 e. The molecule has 1 N–H and O–H groups in total. The second-order valence-corrected chi connectivity index (χ2v) is 10.6. The molecule has 0 aromatic heterocycles. The molecule has 1 aliphatic rings. The Bertz CT molecular complexity index is 1730. The highest BCUT2D eigenvalue weighted by atomic mass is 16.5. The van der Waals surface area contributed by atoms with Crippen LogP contribution in [-0.4, -0.2) is 43.1 Å². The molecule has 5 rings (SSSR count). The van der Waals surface area contributed by atoms with E-state index in [4.69, 9.17) is 9.47 Å². The first-order valence-corrected chi connectivity index (χ1v) is 13.4. The molecule has 0 spiro atoms. The number of hydrogen-bond donors (Lipinski definition) is 1. The zero-order valence-corrected chi connectivity index (χ0v) is 24.0. The summed E-state index contributed by atoms with van der Waals surface area (Å²) in [6.45, 7) is 5.39. The van der Waals surface area contributed by atoms with Crippen molar-refractivity contribution in [3.63, 3.8) is 0 Å². The smallest absolute Gasteiger partial charge is 0.343 e. The van der Waals surface area contributed by atoms with E-state index in [9.17, 15) is 19.2 Å². The molecule has 0 bridgehead atoms. The van der Waals surface area contributed by atoms with Gasteiger partial charge in [0, 0.05) is 24.2 Å². The van der Waals surface area contributed by atoms with Crippen LogP contribution < -0.4 is 19.7 Å². The molecule has 4 aromatic carbocycles. The molecule has 0 atom stereocenters. The van der Waals surface area contributed by atoms with Crippen molar-refractivity contribution >= 4 is 34.8 Å². The number of anilines is 2. The average Bonchev–Trinajstić information content (AvgIpc) is 2.99. The Balaban J connectivity index is 1.64. The molecular formula is C34H30N2O6. The van der Waals surface area contributed by atoms with E-state index in [0.29, 0.717) is 33.8 Å². The van der Waals surface area contributed by atoms with Crippen LogP contribution in [0.3, 0.4) is 0 Å². The van der Waals surface area contributed by atoms with Gasteiger partial charge in [-0.15, -0.1) is 0 Å². The average molecular weight is 563 g/mol. The number of benzene rings is 4. The molecule has 8 nitrogen and oxygen atoms in total. The quantitative estimate of drug-likeness (QED) is 0.125. The Morgan fingerprint density at radius 3 is 2.14 bits per heavy atom. The highest BCUT2D eigenvalue weighted by molar-refractivity contribution is 6.51. The minimum absolute atomic E-state index is 0.0595. The number of methoxy groups -OCH3 is 1. The molecule has 1 heterocycles. The number of likely N-dealkylation sites (N-methyl/N-ethyl adjacent to an activating group) is 1. The van der Waals surface area contributed by atoms with Gasteiger partial charge >= 0.3 is 5.97 Å². The van der Waals surface area contributed by atoms with Gasteiger partial charge in [-0.3, -0.25) is 14.4 Å². The summed E-state index contributed by atoms with van der Waals surface area (Å²) in [6.07, 6.45) is 0. The molecule has 42 heavy (non-hydrogen) atoms. The third kappa shape index (κ3) is 5.14. The van der Waals surface area contributed by atoms with E-state index < -0.39 is 23.1 Å². The van der Waals surface area contributed by atoms with E-state index in [-0.39, 0.29) is 22.8 Å². The standard InChI is InChI=1S/C34H30N2O6/c1-20-11-13-21(14-12-20)30(37)31(38)28-25(17-18-26-29(28)36(4)33(40)34(2,3)35-26)24-16-15-23(19-27(24)41-5)42-32(39)22-9-7-6-8-10-22/h6-19,35H,1-5H3. The molecule has 0 unspecified atom stereocenters. The maximum absolute atomic E-state index is 14.1. The van der Waals surface area contributed by atoms with E-state index in [2.05, 4.69) is 5.32 Å². The summed E-state index contributed by atoms with van der Waals surface area (Å²) in [6, 6.07) is 23.6. The summed E-state index contributed by atoms with van der Waals surface area (Å²) in [5.74, 6) is -1.73. The fraction of sp³-hybridized carbons (Fsp3) is 0.176. The van der Waals surface area contributed by atoms with Crippen molar-refractivity contribution in [2.45, 2.75) is 26.3 Å². The lowest BCUT2D eigenvalue weighted by Gasteiger charge is -2.39. The normalized spacial score (nSPS) is 13.5. The number of fused-ring (bicyclic) bond motifs is 1. The van der Waals surface area contributed by atoms with Gasteiger partial charge < -0.3 is 19.7 Å². The van der Waals surface area contributed by atoms with Crippen molar-refractivity contribution in [1.82, 2.24) is 0 Å². The Hall–Kier alpha value is -5.24. The fourth-order valence-electron chi connectivity index (χ4n) is 5.05. The molecule has 212 valence electrons. The number of esters is 1. The number of Topliss-reactive ketones (excluding diaryl/α,β-unsaturated/α-hetero) is 2. The van der Waals surface area contributed by atoms with Gasteiger partial charge in [-0.05, 0) is 56.7 Å². The molecular weight excluding hydrogens is 532 g/mol. The van der Waals surface area contributed by atoms with E-state index in [0.717, 1.165) is 5.56 Å². The molecule has 0 aliphatic carbocycles. The van der Waals surface area contributed by atoms with E-state index >= 15 is 0 Å². The van der Waals surface area contributed by atoms with Gasteiger partial charge in [0.15, 0.2) is 0 Å². The van der Waals surface area contributed by atoms with Gasteiger partial charge in [-0.1, -0.05) is 54.1 Å². The molecule has 8 heteroatoms. The lowest BCUT2D eigenvalue weighted by Crippen LogP contribution is -2.53. The SMILES string of the molecule is COc1cc(OC(=O)c2ccccc2)ccc1-c1ccc2c(c1C(=O)C(=O)c1ccc(C)cc1)N(C)C(=O)C(C)(C)N2. The fourth-order valence-corrected chi connectivity index (χ4v) is 5.05. The summed E-state index contributed by atoms with van der Waals surface area (Å²) in [5, 5.41) is 3.21. The van der Waals surface area contributed by atoms with Gasteiger partial charge in [0.05, 0.1) is 29.6 Å². The zero-order valence-electron chi connectivity index (χ0n) is 24.0. The topological polar surface area (TPSA) is 102 Å². The van der Waals surface area contributed by atoms with Crippen LogP contribution in [0.2, 0.25) is 0 Å². The number of ether oxygens (including phenoxy) is 2. The van der Waals surface area contributed by atoms with Crippen molar-refractivity contribution in [3.05, 3.63) is 107 Å². The number of carbonyl (C=O) groups is 4. The van der Waals surface area contributed by atoms with Crippen LogP contribution in [0, 0.1) is 6.92 Å². The number of nitrogens with zero attached hydrogens (tertiary/aromatic N) is 1. The maximum Gasteiger partial charge on any atom is 0.343 e. The van der Waals surface area contributed by atoms with Crippen LogP contribution >= 0.6 is 0 Å². The zero-order chi connectivity index (χ0) is 30.2. The number of ketones is 2. The minimum atomic E-state index is -0.924. The van der Waals surface area contributed by atoms with Crippen molar-refractivity contribution in [3.8, 4) is 22.6 Å². The Morgan fingerprint density at radius 1 is 0.810 bits per heavy atom. The number of nitrogens with one attached hydrogen (secondary N) is 1. The van der Waals surface area contributed by atoms with Crippen molar-refractivity contribution in [2.24, 2.45) is 0 Å². The van der Waals surface area contributed by atoms with Gasteiger partial charge in [-0.2, -0.15) is 0 Å². The lowest BCUT2D eigenvalue weighted by molar-refractivity contribution is -0.121. The van der Waals surface area contributed by atoms with Crippen LogP contribution in [0.25, 0.3) is 11.1 Å². The molecule has 0 fully saturated rings. The third-order valence-electron chi connectivity index (χ3n) is 7.23. The van der Waals surface area contributed by atoms with Gasteiger partial charge in [0.25, 0.3) is 5.91 Å². The van der Waals surface area contributed by atoms with Gasteiger partial charge in [-0.25, -0.2) is 4.79 Å². The monoisotopic (exact) mass is 562 g/mol. The second-order valence-electron chi connectivity index (χ2n) is 10.6. The van der Waals surface area contributed by atoms with Crippen LogP contribution in [0.4, 0.5) is 11.4 Å². The van der Waals surface area contributed by atoms with E-state index in [1.54, 1.807) is 106 Å². The van der Waals surface area contributed by atoms with Gasteiger partial charge in [0.1, 0.15) is 17.0 Å². The first-order chi connectivity index (χ1) is 20.0. The summed E-state index contributed by atoms with van der Waals surface area (Å²) in [7, 11) is 3.04. The number of aryl methyl sites for hydroxylation is 1. The molecule has 1 aliphatic heterocycles. The van der Waals surface area contributed by atoms with Crippen LogP contribution in [0.1, 0.15) is 50.5 Å².